The highest BCUT2D eigenvalue weighted by Crippen LogP contribution is 2.32. The number of aromatic nitrogens is 2. The van der Waals surface area contributed by atoms with E-state index in [4.69, 9.17) is 5.41 Å². The molecule has 1 aromatic heterocycles. The second kappa shape index (κ2) is 9.51. The van der Waals surface area contributed by atoms with E-state index in [1.807, 2.05) is 5.10 Å². The Balaban J connectivity index is 1.92. The Morgan fingerprint density at radius 2 is 1.76 bits per heavy atom. The minimum Gasteiger partial charge on any atom is -0.469 e. The molecule has 0 aliphatic carbocycles. The lowest BCUT2D eigenvalue weighted by Crippen LogP contribution is -2.41. The molecule has 1 amide bonds. The van der Waals surface area contributed by atoms with Crippen molar-refractivity contribution in [3.8, 4) is 0 Å². The number of alkyl halides is 3. The molecule has 0 saturated carbocycles. The molecule has 0 bridgehead atoms. The van der Waals surface area contributed by atoms with Crippen LogP contribution in [0.15, 0.2) is 54.6 Å². The highest BCUT2D eigenvalue weighted by molar-refractivity contribution is 6.12. The van der Waals surface area contributed by atoms with Crippen LogP contribution in [0.25, 0.3) is 0 Å². The predicted octanol–water partition coefficient (Wildman–Crippen LogP) is 3.79. The largest absolute Gasteiger partial charge is 0.469 e. The molecule has 0 radical (unpaired) electrons. The number of methoxy groups -OCH3 is 1. The van der Waals surface area contributed by atoms with Gasteiger partial charge in [-0.3, -0.25) is 30.3 Å². The number of nitrogens with zero attached hydrogens (tertiary/aromatic N) is 2. The zero-order valence-electron chi connectivity index (χ0n) is 17.0. The number of anilines is 2. The molecular formula is C21H17F4N5O3. The number of H-pyrrole nitrogens is 1. The highest BCUT2D eigenvalue weighted by atomic mass is 19.4. The van der Waals surface area contributed by atoms with Crippen LogP contribution in [0.3, 0.4) is 0 Å². The maximum Gasteiger partial charge on any atom is 0.432 e. The monoisotopic (exact) mass is 463 g/mol. The fourth-order valence-corrected chi connectivity index (χ4v) is 2.79. The number of hydrogen-bond donors (Lipinski definition) is 3. The summed E-state index contributed by atoms with van der Waals surface area (Å²) in [5, 5.41) is 16.0. The minimum atomic E-state index is -4.71. The molecule has 2 aromatic carbocycles. The molecule has 3 rings (SSSR count). The fourth-order valence-electron chi connectivity index (χ4n) is 2.79. The highest BCUT2D eigenvalue weighted by Gasteiger charge is 2.34. The van der Waals surface area contributed by atoms with Crippen molar-refractivity contribution in [2.45, 2.75) is 12.6 Å². The average molecular weight is 463 g/mol. The molecular weight excluding hydrogens is 446 g/mol. The Bertz CT molecular complexity index is 1160. The van der Waals surface area contributed by atoms with E-state index in [1.165, 1.54) is 43.5 Å². The molecule has 0 fully saturated rings. The third kappa shape index (κ3) is 5.73. The van der Waals surface area contributed by atoms with Gasteiger partial charge in [0.2, 0.25) is 5.96 Å². The van der Waals surface area contributed by atoms with Gasteiger partial charge >= 0.3 is 12.1 Å². The Hall–Kier alpha value is -4.22. The van der Waals surface area contributed by atoms with E-state index < -0.39 is 35.5 Å². The predicted molar refractivity (Wildman–Crippen MR) is 109 cm³/mol. The number of aromatic amines is 1. The number of nitrogens with one attached hydrogen (secondary N) is 3. The van der Waals surface area contributed by atoms with Crippen molar-refractivity contribution in [3.63, 3.8) is 0 Å². The summed E-state index contributed by atoms with van der Waals surface area (Å²) in [7, 11) is 1.24. The Kier molecular flexibility index (Phi) is 6.75. The Labute approximate surface area is 184 Å². The van der Waals surface area contributed by atoms with Gasteiger partial charge in [0.1, 0.15) is 11.5 Å². The first-order valence-electron chi connectivity index (χ1n) is 9.32. The van der Waals surface area contributed by atoms with Crippen molar-refractivity contribution in [3.05, 3.63) is 77.2 Å². The number of benzene rings is 2. The molecule has 12 heteroatoms. The van der Waals surface area contributed by atoms with Crippen molar-refractivity contribution in [2.24, 2.45) is 0 Å². The van der Waals surface area contributed by atoms with Gasteiger partial charge in [-0.15, -0.1) is 0 Å². The quantitative estimate of drug-likeness (QED) is 0.231. The number of hydrogen-bond acceptors (Lipinski definition) is 5. The van der Waals surface area contributed by atoms with Gasteiger partial charge in [0.05, 0.1) is 19.2 Å². The van der Waals surface area contributed by atoms with Gasteiger partial charge in [-0.25, -0.2) is 4.39 Å². The maximum atomic E-state index is 13.1. The van der Waals surface area contributed by atoms with E-state index in [2.05, 4.69) is 15.2 Å². The van der Waals surface area contributed by atoms with Gasteiger partial charge in [-0.1, -0.05) is 12.1 Å². The lowest BCUT2D eigenvalue weighted by Gasteiger charge is -2.23. The van der Waals surface area contributed by atoms with E-state index in [1.54, 1.807) is 0 Å². The lowest BCUT2D eigenvalue weighted by atomic mass is 10.1. The molecule has 172 valence electrons. The first-order valence-corrected chi connectivity index (χ1v) is 9.32. The Morgan fingerprint density at radius 1 is 1.12 bits per heavy atom. The Morgan fingerprint density at radius 3 is 2.30 bits per heavy atom. The molecule has 0 spiro atoms. The van der Waals surface area contributed by atoms with Gasteiger partial charge < -0.3 is 4.74 Å². The van der Waals surface area contributed by atoms with Crippen LogP contribution in [0.1, 0.15) is 21.6 Å². The lowest BCUT2D eigenvalue weighted by molar-refractivity contribution is -0.141. The zero-order valence-corrected chi connectivity index (χ0v) is 17.0. The second-order valence-electron chi connectivity index (χ2n) is 6.70. The molecule has 0 atom stereocenters. The van der Waals surface area contributed by atoms with Gasteiger partial charge in [0.15, 0.2) is 5.82 Å². The van der Waals surface area contributed by atoms with Crippen LogP contribution in [0.2, 0.25) is 0 Å². The zero-order chi connectivity index (χ0) is 24.2. The summed E-state index contributed by atoms with van der Waals surface area (Å²) in [6, 6.07) is 11.1. The topological polar surface area (TPSA) is 111 Å². The number of ether oxygens (including phenoxy) is 1. The molecule has 3 N–H and O–H groups in total. The first-order chi connectivity index (χ1) is 15.6. The van der Waals surface area contributed by atoms with Gasteiger partial charge in [-0.2, -0.15) is 18.3 Å². The smallest absolute Gasteiger partial charge is 0.432 e. The van der Waals surface area contributed by atoms with Crippen LogP contribution < -0.4 is 10.2 Å². The van der Waals surface area contributed by atoms with Crippen LogP contribution in [0.4, 0.5) is 29.1 Å². The van der Waals surface area contributed by atoms with E-state index in [9.17, 15) is 27.2 Å². The summed E-state index contributed by atoms with van der Waals surface area (Å²) in [5.74, 6) is -2.75. The molecule has 0 unspecified atom stereocenters. The fraction of sp³-hybridized carbons (Fsp3) is 0.143. The van der Waals surface area contributed by atoms with Crippen molar-refractivity contribution in [2.75, 3.05) is 12.0 Å². The van der Waals surface area contributed by atoms with E-state index in [0.717, 1.165) is 17.0 Å². The van der Waals surface area contributed by atoms with Crippen LogP contribution in [-0.4, -0.2) is 35.1 Å². The van der Waals surface area contributed by atoms with Crippen molar-refractivity contribution < 1.29 is 31.9 Å². The molecule has 3 aromatic rings. The van der Waals surface area contributed by atoms with Crippen LogP contribution >= 0.6 is 0 Å². The third-order valence-electron chi connectivity index (χ3n) is 4.43. The molecule has 0 aliphatic rings. The normalized spacial score (nSPS) is 11.1. The van der Waals surface area contributed by atoms with Gasteiger partial charge in [-0.05, 0) is 42.0 Å². The SMILES string of the molecule is COC(=O)Cc1ccc(N(C(=N)NC(=O)c2ccc(F)cc2)c2cc(C(F)(F)F)[nH]n2)cc1. The summed E-state index contributed by atoms with van der Waals surface area (Å²) in [5.41, 5.74) is -0.367. The van der Waals surface area contributed by atoms with E-state index in [-0.39, 0.29) is 23.5 Å². The standard InChI is InChI=1S/C21H17F4N5O3/c1-33-18(31)10-12-2-8-15(9-3-12)30(17-11-16(28-29-17)21(23,24)25)20(26)27-19(32)13-4-6-14(22)7-5-13/h2-9,11H,10H2,1H3,(H,28,29)(H2,26,27,32). The number of esters is 1. The van der Waals surface area contributed by atoms with Crippen molar-refractivity contribution in [1.82, 2.24) is 15.5 Å². The summed E-state index contributed by atoms with van der Waals surface area (Å²) < 4.78 is 56.9. The minimum absolute atomic E-state index is 0.0316. The summed E-state index contributed by atoms with van der Waals surface area (Å²) in [6.45, 7) is 0. The summed E-state index contributed by atoms with van der Waals surface area (Å²) in [4.78, 5) is 24.9. The molecule has 33 heavy (non-hydrogen) atoms. The summed E-state index contributed by atoms with van der Waals surface area (Å²) >= 11 is 0. The number of carbonyl (C=O) groups is 2. The van der Waals surface area contributed by atoms with Gasteiger partial charge in [0.25, 0.3) is 5.91 Å². The van der Waals surface area contributed by atoms with E-state index >= 15 is 0 Å². The van der Waals surface area contributed by atoms with E-state index in [0.29, 0.717) is 11.6 Å². The number of guanidine groups is 1. The molecule has 1 heterocycles. The number of amides is 1. The molecule has 0 saturated heterocycles. The van der Waals surface area contributed by atoms with Gasteiger partial charge in [0, 0.05) is 11.6 Å². The van der Waals surface area contributed by atoms with Crippen molar-refractivity contribution >= 4 is 29.3 Å². The number of rotatable bonds is 5. The van der Waals surface area contributed by atoms with Crippen LogP contribution in [0.5, 0.6) is 0 Å². The molecule has 8 nitrogen and oxygen atoms in total. The van der Waals surface area contributed by atoms with Crippen molar-refractivity contribution in [1.29, 1.82) is 5.41 Å². The molecule has 0 aliphatic heterocycles. The summed E-state index contributed by atoms with van der Waals surface area (Å²) in [6.07, 6.45) is -4.74. The van der Waals surface area contributed by atoms with Crippen LogP contribution in [0, 0.1) is 11.2 Å². The second-order valence-corrected chi connectivity index (χ2v) is 6.70. The number of halogens is 4. The first kappa shape index (κ1) is 23.4. The number of carbonyl (C=O) groups excluding carboxylic acids is 2. The third-order valence-corrected chi connectivity index (χ3v) is 4.43. The van der Waals surface area contributed by atoms with Crippen LogP contribution in [-0.2, 0) is 22.1 Å². The maximum absolute atomic E-state index is 13.1. The average Bonchev–Trinajstić information content (AvgIpc) is 3.25.